The van der Waals surface area contributed by atoms with Gasteiger partial charge in [-0.1, -0.05) is 0 Å². The van der Waals surface area contributed by atoms with Crippen molar-refractivity contribution in [2.24, 2.45) is 0 Å². The minimum absolute atomic E-state index is 0.242. The standard InChI is InChI=1S/C17H16F3N3O/c1-9-15-11(3)23(12(4)16(15)10(2)22-21-9)13-5-7-14(8-6-13)24-17(18,19)20/h5-8H,1-4H3. The van der Waals surface area contributed by atoms with Gasteiger partial charge in [-0.15, -0.1) is 13.2 Å². The third-order valence-electron chi connectivity index (χ3n) is 4.05. The number of hydrogen-bond acceptors (Lipinski definition) is 3. The van der Waals surface area contributed by atoms with Crippen molar-refractivity contribution in [1.82, 2.24) is 14.8 Å². The van der Waals surface area contributed by atoms with Gasteiger partial charge in [-0.25, -0.2) is 0 Å². The first kappa shape index (κ1) is 16.3. The number of aromatic nitrogens is 3. The number of rotatable bonds is 2. The summed E-state index contributed by atoms with van der Waals surface area (Å²) in [7, 11) is 0. The summed E-state index contributed by atoms with van der Waals surface area (Å²) in [5.41, 5.74) is 4.36. The van der Waals surface area contributed by atoms with Crippen molar-refractivity contribution >= 4 is 10.8 Å². The topological polar surface area (TPSA) is 39.9 Å². The zero-order valence-corrected chi connectivity index (χ0v) is 13.7. The molecule has 0 radical (unpaired) electrons. The fourth-order valence-electron chi connectivity index (χ4n) is 3.16. The third kappa shape index (κ3) is 2.70. The van der Waals surface area contributed by atoms with E-state index < -0.39 is 6.36 Å². The molecule has 0 atom stereocenters. The summed E-state index contributed by atoms with van der Waals surface area (Å²) >= 11 is 0. The first-order valence-electron chi connectivity index (χ1n) is 7.36. The highest BCUT2D eigenvalue weighted by Gasteiger charge is 2.31. The van der Waals surface area contributed by atoms with Crippen LogP contribution in [0.25, 0.3) is 16.5 Å². The highest BCUT2D eigenvalue weighted by atomic mass is 19.4. The Balaban J connectivity index is 2.13. The highest BCUT2D eigenvalue weighted by molar-refractivity contribution is 5.92. The van der Waals surface area contributed by atoms with E-state index in [1.807, 2.05) is 32.3 Å². The van der Waals surface area contributed by atoms with E-state index >= 15 is 0 Å². The zero-order valence-electron chi connectivity index (χ0n) is 13.7. The van der Waals surface area contributed by atoms with Crippen molar-refractivity contribution in [3.63, 3.8) is 0 Å². The Kier molecular flexibility index (Phi) is 3.74. The Morgan fingerprint density at radius 2 is 1.29 bits per heavy atom. The SMILES string of the molecule is Cc1nnc(C)c2c(C)n(-c3ccc(OC(F)(F)F)cc3)c(C)c12. The van der Waals surface area contributed by atoms with Crippen molar-refractivity contribution in [3.05, 3.63) is 47.0 Å². The van der Waals surface area contributed by atoms with Gasteiger partial charge in [0.05, 0.1) is 11.4 Å². The van der Waals surface area contributed by atoms with E-state index in [1.54, 1.807) is 12.1 Å². The van der Waals surface area contributed by atoms with Crippen LogP contribution < -0.4 is 4.74 Å². The Morgan fingerprint density at radius 1 is 0.833 bits per heavy atom. The third-order valence-corrected chi connectivity index (χ3v) is 4.05. The lowest BCUT2D eigenvalue weighted by atomic mass is 10.1. The summed E-state index contributed by atoms with van der Waals surface area (Å²) in [4.78, 5) is 0. The van der Waals surface area contributed by atoms with Crippen LogP contribution in [-0.4, -0.2) is 21.1 Å². The van der Waals surface area contributed by atoms with Crippen LogP contribution in [0.1, 0.15) is 22.8 Å². The molecule has 4 nitrogen and oxygen atoms in total. The smallest absolute Gasteiger partial charge is 0.406 e. The molecule has 0 saturated heterocycles. The van der Waals surface area contributed by atoms with Gasteiger partial charge < -0.3 is 9.30 Å². The zero-order chi connectivity index (χ0) is 17.6. The molecule has 3 rings (SSSR count). The predicted molar refractivity (Wildman–Crippen MR) is 84.5 cm³/mol. The molecule has 0 aliphatic carbocycles. The summed E-state index contributed by atoms with van der Waals surface area (Å²) in [5.74, 6) is -0.242. The van der Waals surface area contributed by atoms with Crippen molar-refractivity contribution in [3.8, 4) is 11.4 Å². The van der Waals surface area contributed by atoms with Gasteiger partial charge in [0.15, 0.2) is 0 Å². The monoisotopic (exact) mass is 335 g/mol. The van der Waals surface area contributed by atoms with Crippen molar-refractivity contribution in [2.75, 3.05) is 0 Å². The molecule has 0 aliphatic rings. The molecule has 2 heterocycles. The molecule has 0 bridgehead atoms. The first-order chi connectivity index (χ1) is 11.2. The molecule has 0 amide bonds. The summed E-state index contributed by atoms with van der Waals surface area (Å²) in [6, 6.07) is 5.82. The van der Waals surface area contributed by atoms with Gasteiger partial charge in [0.25, 0.3) is 0 Å². The van der Waals surface area contributed by atoms with Crippen LogP contribution >= 0.6 is 0 Å². The van der Waals surface area contributed by atoms with Crippen molar-refractivity contribution in [1.29, 1.82) is 0 Å². The number of ether oxygens (including phenoxy) is 1. The number of fused-ring (bicyclic) bond motifs is 1. The average Bonchev–Trinajstić information content (AvgIpc) is 2.75. The molecule has 3 aromatic rings. The van der Waals surface area contributed by atoms with Gasteiger partial charge in [-0.2, -0.15) is 10.2 Å². The van der Waals surface area contributed by atoms with Crippen LogP contribution in [0.5, 0.6) is 5.75 Å². The van der Waals surface area contributed by atoms with Gasteiger partial charge in [-0.3, -0.25) is 0 Å². The van der Waals surface area contributed by atoms with Crippen molar-refractivity contribution in [2.45, 2.75) is 34.1 Å². The van der Waals surface area contributed by atoms with Gasteiger partial charge in [0.1, 0.15) is 5.75 Å². The molecule has 0 fully saturated rings. The van der Waals surface area contributed by atoms with Crippen LogP contribution in [0.2, 0.25) is 0 Å². The number of halogens is 3. The lowest BCUT2D eigenvalue weighted by Gasteiger charge is -2.12. The summed E-state index contributed by atoms with van der Waals surface area (Å²) < 4.78 is 42.8. The molecule has 126 valence electrons. The Hall–Kier alpha value is -2.57. The Bertz CT molecular complexity index is 867. The largest absolute Gasteiger partial charge is 0.573 e. The van der Waals surface area contributed by atoms with Gasteiger partial charge >= 0.3 is 6.36 Å². The van der Waals surface area contributed by atoms with Crippen LogP contribution in [0, 0.1) is 27.7 Å². The Labute approximate surface area is 136 Å². The minimum atomic E-state index is -4.69. The van der Waals surface area contributed by atoms with E-state index in [4.69, 9.17) is 0 Å². The van der Waals surface area contributed by atoms with Crippen LogP contribution in [0.15, 0.2) is 24.3 Å². The van der Waals surface area contributed by atoms with E-state index in [-0.39, 0.29) is 5.75 Å². The van der Waals surface area contributed by atoms with Gasteiger partial charge in [0, 0.05) is 27.8 Å². The van der Waals surface area contributed by atoms with E-state index in [0.717, 1.165) is 39.2 Å². The van der Waals surface area contributed by atoms with Crippen LogP contribution in [0.4, 0.5) is 13.2 Å². The second-order valence-electron chi connectivity index (χ2n) is 5.67. The van der Waals surface area contributed by atoms with E-state index in [9.17, 15) is 13.2 Å². The molecule has 0 spiro atoms. The lowest BCUT2D eigenvalue weighted by molar-refractivity contribution is -0.274. The van der Waals surface area contributed by atoms with Crippen LogP contribution in [0.3, 0.4) is 0 Å². The molecular formula is C17H16F3N3O. The summed E-state index contributed by atoms with van der Waals surface area (Å²) in [6.45, 7) is 7.71. The molecule has 1 aromatic carbocycles. The number of aryl methyl sites for hydroxylation is 4. The fourth-order valence-corrected chi connectivity index (χ4v) is 3.16. The maximum absolute atomic E-state index is 12.3. The molecule has 0 unspecified atom stereocenters. The highest BCUT2D eigenvalue weighted by Crippen LogP contribution is 2.32. The molecule has 0 aliphatic heterocycles. The molecular weight excluding hydrogens is 319 g/mol. The van der Waals surface area contributed by atoms with E-state index in [2.05, 4.69) is 14.9 Å². The average molecular weight is 335 g/mol. The number of alkyl halides is 3. The lowest BCUT2D eigenvalue weighted by Crippen LogP contribution is -2.17. The molecule has 24 heavy (non-hydrogen) atoms. The number of nitrogens with zero attached hydrogens (tertiary/aromatic N) is 3. The molecule has 0 saturated carbocycles. The fraction of sp³-hybridized carbons (Fsp3) is 0.294. The predicted octanol–water partition coefficient (Wildman–Crippen LogP) is 4.55. The summed E-state index contributed by atoms with van der Waals surface area (Å²) in [5, 5.41) is 10.4. The number of benzene rings is 1. The first-order valence-corrected chi connectivity index (χ1v) is 7.36. The van der Waals surface area contributed by atoms with Crippen LogP contribution in [-0.2, 0) is 0 Å². The quantitative estimate of drug-likeness (QED) is 0.689. The number of hydrogen-bond donors (Lipinski definition) is 0. The van der Waals surface area contributed by atoms with Gasteiger partial charge in [-0.05, 0) is 52.0 Å². The maximum atomic E-state index is 12.3. The molecule has 7 heteroatoms. The van der Waals surface area contributed by atoms with E-state index in [1.165, 1.54) is 12.1 Å². The van der Waals surface area contributed by atoms with Crippen molar-refractivity contribution < 1.29 is 17.9 Å². The minimum Gasteiger partial charge on any atom is -0.406 e. The molecule has 0 N–H and O–H groups in total. The second kappa shape index (κ2) is 5.51. The second-order valence-corrected chi connectivity index (χ2v) is 5.67. The summed E-state index contributed by atoms with van der Waals surface area (Å²) in [6.07, 6.45) is -4.69. The normalized spacial score (nSPS) is 12.0. The van der Waals surface area contributed by atoms with Gasteiger partial charge in [0.2, 0.25) is 0 Å². The van der Waals surface area contributed by atoms with E-state index in [0.29, 0.717) is 0 Å². The molecule has 2 aromatic heterocycles. The Morgan fingerprint density at radius 3 is 1.71 bits per heavy atom. The maximum Gasteiger partial charge on any atom is 0.573 e.